The van der Waals surface area contributed by atoms with Gasteiger partial charge in [0.25, 0.3) is 11.8 Å². The summed E-state index contributed by atoms with van der Waals surface area (Å²) in [7, 11) is 4.24. The minimum atomic E-state index is -0.761. The van der Waals surface area contributed by atoms with Gasteiger partial charge in [-0.25, -0.2) is 4.39 Å². The third-order valence-electron chi connectivity index (χ3n) is 6.35. The zero-order chi connectivity index (χ0) is 28.4. The lowest BCUT2D eigenvalue weighted by Crippen LogP contribution is -2.36. The first-order chi connectivity index (χ1) is 18.8. The van der Waals surface area contributed by atoms with Crippen LogP contribution in [0.25, 0.3) is 5.57 Å². The summed E-state index contributed by atoms with van der Waals surface area (Å²) in [6.45, 7) is 0.708. The molecule has 2 aromatic rings. The molecule has 0 aromatic heterocycles. The molecule has 204 valence electrons. The topological polar surface area (TPSA) is 126 Å². The molecule has 1 unspecified atom stereocenters. The zero-order valence-corrected chi connectivity index (χ0v) is 23.0. The average Bonchev–Trinajstić information content (AvgIpc) is 3.88. The first-order valence-electron chi connectivity index (χ1n) is 12.5. The number of carbonyl (C=O) groups excluding carboxylic acids is 3. The predicted molar refractivity (Wildman–Crippen MR) is 155 cm³/mol. The molecule has 2 aliphatic rings. The first-order valence-corrected chi connectivity index (χ1v) is 13.1. The number of halogens is 1. The predicted octanol–water partition coefficient (Wildman–Crippen LogP) is 1.93. The van der Waals surface area contributed by atoms with Gasteiger partial charge in [-0.15, -0.1) is 15.7 Å². The molecule has 0 bridgehead atoms. The highest BCUT2D eigenvalue weighted by molar-refractivity contribution is 7.27. The molecule has 0 aliphatic heterocycles. The lowest BCUT2D eigenvalue weighted by molar-refractivity contribution is -0.131. The van der Waals surface area contributed by atoms with Crippen LogP contribution in [0.15, 0.2) is 47.6 Å². The Balaban J connectivity index is 0.000000771. The summed E-state index contributed by atoms with van der Waals surface area (Å²) in [5, 5.41) is 8.67. The third-order valence-corrected chi connectivity index (χ3v) is 6.93. The molecule has 8 nitrogen and oxygen atoms in total. The number of nitrogens with two attached hydrogens (primary N) is 1. The normalized spacial score (nSPS) is 15.5. The number of benzene rings is 2. The SMILES string of the molecule is C#CCNC.N/C=C(\C=NC1CC1)c1cc(C2(NC(=O)c3ccccc3CNC(=O)C=O)CC2)cc(F)c1P. The Hall–Kier alpha value is -3.86. The first kappa shape index (κ1) is 29.7. The monoisotopic (exact) mass is 549 g/mol. The van der Waals surface area contributed by atoms with Crippen LogP contribution in [0.1, 0.15) is 52.7 Å². The van der Waals surface area contributed by atoms with Crippen molar-refractivity contribution in [2.24, 2.45) is 10.7 Å². The summed E-state index contributed by atoms with van der Waals surface area (Å²) >= 11 is 0. The number of amides is 2. The van der Waals surface area contributed by atoms with E-state index in [4.69, 9.17) is 12.2 Å². The number of rotatable bonds is 10. The Morgan fingerprint density at radius 3 is 2.54 bits per heavy atom. The number of hydrogen-bond acceptors (Lipinski definition) is 6. The van der Waals surface area contributed by atoms with E-state index in [2.05, 4.69) is 36.1 Å². The van der Waals surface area contributed by atoms with Crippen molar-refractivity contribution in [3.63, 3.8) is 0 Å². The fourth-order valence-corrected chi connectivity index (χ4v) is 4.20. The van der Waals surface area contributed by atoms with Gasteiger partial charge in [0, 0.05) is 35.4 Å². The van der Waals surface area contributed by atoms with Crippen molar-refractivity contribution in [2.75, 3.05) is 13.6 Å². The minimum Gasteiger partial charge on any atom is -0.404 e. The van der Waals surface area contributed by atoms with Crippen molar-refractivity contribution in [1.82, 2.24) is 16.0 Å². The molecule has 39 heavy (non-hydrogen) atoms. The molecule has 4 rings (SSSR count). The zero-order valence-electron chi connectivity index (χ0n) is 21.8. The molecule has 5 N–H and O–H groups in total. The molecule has 2 amide bonds. The van der Waals surface area contributed by atoms with Crippen molar-refractivity contribution in [1.29, 1.82) is 0 Å². The van der Waals surface area contributed by atoms with E-state index in [1.165, 1.54) is 12.3 Å². The van der Waals surface area contributed by atoms with Gasteiger partial charge < -0.3 is 21.7 Å². The number of carbonyl (C=O) groups is 3. The number of nitrogens with one attached hydrogen (secondary N) is 3. The van der Waals surface area contributed by atoms with Crippen molar-refractivity contribution in [2.45, 2.75) is 43.8 Å². The van der Waals surface area contributed by atoms with E-state index in [1.54, 1.807) is 30.5 Å². The van der Waals surface area contributed by atoms with Crippen LogP contribution in [0.2, 0.25) is 0 Å². The summed E-state index contributed by atoms with van der Waals surface area (Å²) in [6.07, 6.45) is 11.5. The Bertz CT molecular complexity index is 1330. The summed E-state index contributed by atoms with van der Waals surface area (Å²) in [5.74, 6) is 0.900. The molecule has 2 aromatic carbocycles. The Kier molecular flexibility index (Phi) is 10.5. The number of hydrogen-bond donors (Lipinski definition) is 4. The average molecular weight is 550 g/mol. The summed E-state index contributed by atoms with van der Waals surface area (Å²) in [5.41, 5.74) is 7.98. The van der Waals surface area contributed by atoms with E-state index in [0.717, 1.165) is 12.8 Å². The van der Waals surface area contributed by atoms with Gasteiger partial charge in [0.1, 0.15) is 5.82 Å². The second kappa shape index (κ2) is 13.8. The quantitative estimate of drug-likeness (QED) is 0.119. The summed E-state index contributed by atoms with van der Waals surface area (Å²) in [4.78, 5) is 39.5. The molecule has 0 saturated heterocycles. The fourth-order valence-electron chi connectivity index (χ4n) is 3.86. The second-order valence-electron chi connectivity index (χ2n) is 9.31. The van der Waals surface area contributed by atoms with E-state index in [-0.39, 0.29) is 18.7 Å². The number of allylic oxidation sites excluding steroid dienone is 1. The van der Waals surface area contributed by atoms with Crippen LogP contribution in [0, 0.1) is 18.2 Å². The van der Waals surface area contributed by atoms with E-state index in [1.807, 2.05) is 13.1 Å². The Morgan fingerprint density at radius 2 is 1.97 bits per heavy atom. The molecule has 1 atom stereocenters. The largest absolute Gasteiger partial charge is 0.404 e. The van der Waals surface area contributed by atoms with Crippen LogP contribution >= 0.6 is 9.24 Å². The summed E-state index contributed by atoms with van der Waals surface area (Å²) < 4.78 is 14.9. The van der Waals surface area contributed by atoms with E-state index >= 15 is 0 Å². The van der Waals surface area contributed by atoms with Crippen LogP contribution in [0.3, 0.4) is 0 Å². The standard InChI is InChI=1S/C25H26FN4O3P.C4H7N/c26-21-10-17(9-20(23(21)34)16(11-27)13-28-18-5-6-18)25(7-8-25)30-24(33)19-4-2-1-3-15(19)12-29-22(32)14-31;1-3-4-5-2/h1-4,9-11,13-14,18H,5-8,12,27,34H2,(H,29,32)(H,30,33);1,5H,4H2,2H3/b16-11+,28-13?;. The van der Waals surface area contributed by atoms with Crippen LogP contribution in [0.4, 0.5) is 4.39 Å². The molecule has 2 aliphatic carbocycles. The molecule has 10 heteroatoms. The number of terminal acetylenes is 1. The van der Waals surface area contributed by atoms with Gasteiger partial charge in [0.2, 0.25) is 6.29 Å². The van der Waals surface area contributed by atoms with Crippen molar-refractivity contribution >= 4 is 44.4 Å². The Morgan fingerprint density at radius 1 is 1.26 bits per heavy atom. The number of aliphatic imine (C=N–C) groups is 1. The molecule has 0 spiro atoms. The highest BCUT2D eigenvalue weighted by Gasteiger charge is 2.46. The number of nitrogens with zero attached hydrogens (tertiary/aromatic N) is 1. The lowest BCUT2D eigenvalue weighted by atomic mass is 9.97. The van der Waals surface area contributed by atoms with Crippen LogP contribution in [-0.2, 0) is 21.7 Å². The summed E-state index contributed by atoms with van der Waals surface area (Å²) in [6, 6.07) is 10.4. The van der Waals surface area contributed by atoms with Gasteiger partial charge in [0.15, 0.2) is 0 Å². The Labute approximate surface area is 230 Å². The highest BCUT2D eigenvalue weighted by Crippen LogP contribution is 2.46. The van der Waals surface area contributed by atoms with Gasteiger partial charge in [-0.3, -0.25) is 19.4 Å². The van der Waals surface area contributed by atoms with Crippen LogP contribution in [-0.4, -0.2) is 43.9 Å². The van der Waals surface area contributed by atoms with Crippen molar-refractivity contribution in [3.8, 4) is 12.3 Å². The van der Waals surface area contributed by atoms with E-state index < -0.39 is 17.3 Å². The molecular formula is C29H33FN5O3P. The lowest BCUT2D eigenvalue weighted by Gasteiger charge is -2.21. The van der Waals surface area contributed by atoms with Gasteiger partial charge in [-0.05, 0) is 67.6 Å². The van der Waals surface area contributed by atoms with Gasteiger partial charge >= 0.3 is 0 Å². The van der Waals surface area contributed by atoms with Crippen LogP contribution in [0.5, 0.6) is 0 Å². The van der Waals surface area contributed by atoms with Gasteiger partial charge in [0.05, 0.1) is 18.1 Å². The maximum Gasteiger partial charge on any atom is 0.284 e. The second-order valence-corrected chi connectivity index (χ2v) is 9.89. The maximum atomic E-state index is 14.9. The molecule has 0 heterocycles. The van der Waals surface area contributed by atoms with Gasteiger partial charge in [-0.1, -0.05) is 24.1 Å². The minimum absolute atomic E-state index is 0.0414. The fraction of sp³-hybridized carbons (Fsp3) is 0.310. The highest BCUT2D eigenvalue weighted by atomic mass is 31.0. The van der Waals surface area contributed by atoms with Crippen molar-refractivity contribution in [3.05, 3.63) is 70.7 Å². The maximum absolute atomic E-state index is 14.9. The molecular weight excluding hydrogens is 516 g/mol. The van der Waals surface area contributed by atoms with E-state index in [9.17, 15) is 18.8 Å². The number of aldehydes is 1. The third kappa shape index (κ3) is 8.06. The molecule has 2 fully saturated rings. The smallest absolute Gasteiger partial charge is 0.284 e. The van der Waals surface area contributed by atoms with Crippen molar-refractivity contribution < 1.29 is 18.8 Å². The molecule has 2 saturated carbocycles. The van der Waals surface area contributed by atoms with Gasteiger partial charge in [-0.2, -0.15) is 0 Å². The molecule has 0 radical (unpaired) electrons. The van der Waals surface area contributed by atoms with E-state index in [0.29, 0.717) is 58.6 Å². The van der Waals surface area contributed by atoms with Crippen LogP contribution < -0.4 is 27.0 Å².